The third kappa shape index (κ3) is 2.96. The number of hydrogen-bond donors (Lipinski definition) is 1. The number of anilines is 1. The molecule has 0 aromatic carbocycles. The van der Waals surface area contributed by atoms with Crippen molar-refractivity contribution in [3.8, 4) is 0 Å². The summed E-state index contributed by atoms with van der Waals surface area (Å²) in [5.41, 5.74) is 1.03. The van der Waals surface area contributed by atoms with Crippen molar-refractivity contribution < 1.29 is 4.79 Å². The van der Waals surface area contributed by atoms with E-state index in [4.69, 9.17) is 0 Å². The van der Waals surface area contributed by atoms with Crippen LogP contribution in [-0.4, -0.2) is 55.5 Å². The number of piperazine rings is 1. The fourth-order valence-corrected chi connectivity index (χ4v) is 2.32. The van der Waals surface area contributed by atoms with Gasteiger partial charge in [-0.2, -0.15) is 11.3 Å². The number of nitrogens with one attached hydrogen (secondary N) is 1. The molecule has 1 aliphatic rings. The van der Waals surface area contributed by atoms with Crippen molar-refractivity contribution in [1.29, 1.82) is 0 Å². The summed E-state index contributed by atoms with van der Waals surface area (Å²) in [4.78, 5) is 16.0. The predicted octanol–water partition coefficient (Wildman–Crippen LogP) is 0.934. The van der Waals surface area contributed by atoms with E-state index < -0.39 is 0 Å². The highest BCUT2D eigenvalue weighted by molar-refractivity contribution is 7.08. The third-order valence-electron chi connectivity index (χ3n) is 2.82. The first kappa shape index (κ1) is 11.4. The van der Waals surface area contributed by atoms with Gasteiger partial charge in [-0.05, 0) is 18.5 Å². The van der Waals surface area contributed by atoms with E-state index in [2.05, 4.69) is 17.3 Å². The summed E-state index contributed by atoms with van der Waals surface area (Å²) in [6, 6.07) is 1.99. The highest BCUT2D eigenvalue weighted by atomic mass is 32.1. The summed E-state index contributed by atoms with van der Waals surface area (Å²) in [6.45, 7) is 4.05. The molecule has 88 valence electrons. The van der Waals surface area contributed by atoms with Gasteiger partial charge in [0.2, 0.25) is 5.91 Å². The molecule has 0 bridgehead atoms. The Morgan fingerprint density at radius 3 is 2.81 bits per heavy atom. The molecule has 4 nitrogen and oxygen atoms in total. The van der Waals surface area contributed by atoms with Crippen LogP contribution >= 0.6 is 11.3 Å². The molecule has 1 saturated heterocycles. The average Bonchev–Trinajstić information content (AvgIpc) is 2.80. The minimum Gasteiger partial charge on any atom is -0.375 e. The monoisotopic (exact) mass is 239 g/mol. The van der Waals surface area contributed by atoms with Crippen LogP contribution < -0.4 is 5.32 Å². The van der Waals surface area contributed by atoms with Gasteiger partial charge in [0.05, 0.1) is 6.54 Å². The van der Waals surface area contributed by atoms with Crippen LogP contribution in [0, 0.1) is 0 Å². The maximum atomic E-state index is 11.8. The van der Waals surface area contributed by atoms with Crippen molar-refractivity contribution in [2.24, 2.45) is 0 Å². The van der Waals surface area contributed by atoms with Crippen LogP contribution in [-0.2, 0) is 4.79 Å². The predicted molar refractivity (Wildman–Crippen MR) is 66.9 cm³/mol. The van der Waals surface area contributed by atoms with Crippen LogP contribution in [0.15, 0.2) is 16.8 Å². The van der Waals surface area contributed by atoms with Crippen molar-refractivity contribution in [2.75, 3.05) is 45.1 Å². The summed E-state index contributed by atoms with van der Waals surface area (Å²) in [5.74, 6) is 0.194. The van der Waals surface area contributed by atoms with E-state index in [0.717, 1.165) is 31.9 Å². The lowest BCUT2D eigenvalue weighted by Crippen LogP contribution is -2.48. The lowest BCUT2D eigenvalue weighted by atomic mass is 10.3. The number of nitrogens with zero attached hydrogens (tertiary/aromatic N) is 2. The Hall–Kier alpha value is -1.07. The van der Waals surface area contributed by atoms with Crippen LogP contribution in [0.3, 0.4) is 0 Å². The van der Waals surface area contributed by atoms with Gasteiger partial charge in [-0.25, -0.2) is 0 Å². The molecular weight excluding hydrogens is 222 g/mol. The van der Waals surface area contributed by atoms with Crippen LogP contribution in [0.2, 0.25) is 0 Å². The number of hydrogen-bond acceptors (Lipinski definition) is 4. The molecule has 0 radical (unpaired) electrons. The molecule has 1 aromatic heterocycles. The molecule has 1 N–H and O–H groups in total. The lowest BCUT2D eigenvalue weighted by molar-refractivity contribution is -0.130. The summed E-state index contributed by atoms with van der Waals surface area (Å²) in [7, 11) is 2.09. The number of amides is 1. The number of thiophene rings is 1. The molecule has 0 saturated carbocycles. The van der Waals surface area contributed by atoms with Crippen molar-refractivity contribution in [3.63, 3.8) is 0 Å². The molecular formula is C11H17N3OS. The van der Waals surface area contributed by atoms with Crippen molar-refractivity contribution in [1.82, 2.24) is 9.80 Å². The zero-order valence-corrected chi connectivity index (χ0v) is 10.3. The molecule has 2 heterocycles. The Balaban J connectivity index is 1.75. The van der Waals surface area contributed by atoms with Gasteiger partial charge in [0.25, 0.3) is 0 Å². The zero-order chi connectivity index (χ0) is 11.4. The second-order valence-corrected chi connectivity index (χ2v) is 4.83. The van der Waals surface area contributed by atoms with Gasteiger partial charge >= 0.3 is 0 Å². The lowest BCUT2D eigenvalue weighted by Gasteiger charge is -2.32. The Kier molecular flexibility index (Phi) is 3.79. The van der Waals surface area contributed by atoms with E-state index >= 15 is 0 Å². The first-order valence-corrected chi connectivity index (χ1v) is 6.42. The topological polar surface area (TPSA) is 35.6 Å². The summed E-state index contributed by atoms with van der Waals surface area (Å²) in [6.07, 6.45) is 0. The first-order chi connectivity index (χ1) is 7.75. The summed E-state index contributed by atoms with van der Waals surface area (Å²) >= 11 is 1.63. The normalized spacial score (nSPS) is 17.4. The van der Waals surface area contributed by atoms with E-state index in [9.17, 15) is 4.79 Å². The third-order valence-corrected chi connectivity index (χ3v) is 3.50. The molecule has 0 spiro atoms. The van der Waals surface area contributed by atoms with E-state index in [-0.39, 0.29) is 5.91 Å². The number of likely N-dealkylation sites (N-methyl/N-ethyl adjacent to an activating group) is 1. The van der Waals surface area contributed by atoms with Gasteiger partial charge in [0, 0.05) is 37.2 Å². The second kappa shape index (κ2) is 5.32. The Bertz CT molecular complexity index is 331. The van der Waals surface area contributed by atoms with E-state index in [0.29, 0.717) is 6.54 Å². The minimum atomic E-state index is 0.194. The van der Waals surface area contributed by atoms with E-state index in [1.54, 1.807) is 11.3 Å². The van der Waals surface area contributed by atoms with Crippen molar-refractivity contribution in [2.45, 2.75) is 0 Å². The second-order valence-electron chi connectivity index (χ2n) is 4.05. The molecule has 0 unspecified atom stereocenters. The van der Waals surface area contributed by atoms with Crippen LogP contribution in [0.1, 0.15) is 0 Å². The standard InChI is InChI=1S/C11H17N3OS/c1-13-3-5-14(6-4-13)11(15)8-12-10-2-7-16-9-10/h2,7,9,12H,3-6,8H2,1H3. The number of carbonyl (C=O) groups excluding carboxylic acids is 1. The highest BCUT2D eigenvalue weighted by Gasteiger charge is 2.18. The van der Waals surface area contributed by atoms with Crippen LogP contribution in [0.25, 0.3) is 0 Å². The molecule has 1 fully saturated rings. The quantitative estimate of drug-likeness (QED) is 0.852. The number of rotatable bonds is 3. The Morgan fingerprint density at radius 1 is 1.44 bits per heavy atom. The Morgan fingerprint density at radius 2 is 2.19 bits per heavy atom. The molecule has 1 amide bonds. The van der Waals surface area contributed by atoms with Gasteiger partial charge in [-0.1, -0.05) is 0 Å². The average molecular weight is 239 g/mol. The van der Waals surface area contributed by atoms with Gasteiger partial charge < -0.3 is 15.1 Å². The molecule has 1 aliphatic heterocycles. The largest absolute Gasteiger partial charge is 0.375 e. The smallest absolute Gasteiger partial charge is 0.241 e. The highest BCUT2D eigenvalue weighted by Crippen LogP contribution is 2.11. The fourth-order valence-electron chi connectivity index (χ4n) is 1.71. The fraction of sp³-hybridized carbons (Fsp3) is 0.545. The van der Waals surface area contributed by atoms with Gasteiger partial charge in [-0.15, -0.1) is 0 Å². The van der Waals surface area contributed by atoms with Gasteiger partial charge in [0.1, 0.15) is 0 Å². The Labute approximate surface area is 99.9 Å². The molecule has 16 heavy (non-hydrogen) atoms. The molecule has 0 atom stereocenters. The van der Waals surface area contributed by atoms with Crippen molar-refractivity contribution in [3.05, 3.63) is 16.8 Å². The van der Waals surface area contributed by atoms with Crippen molar-refractivity contribution >= 4 is 22.9 Å². The van der Waals surface area contributed by atoms with Gasteiger partial charge in [0.15, 0.2) is 0 Å². The van der Waals surface area contributed by atoms with E-state index in [1.165, 1.54) is 0 Å². The SMILES string of the molecule is CN1CCN(C(=O)CNc2ccsc2)CC1. The molecule has 0 aliphatic carbocycles. The molecule has 1 aromatic rings. The van der Waals surface area contributed by atoms with E-state index in [1.807, 2.05) is 21.7 Å². The van der Waals surface area contributed by atoms with Crippen LogP contribution in [0.4, 0.5) is 5.69 Å². The minimum absolute atomic E-state index is 0.194. The van der Waals surface area contributed by atoms with Crippen LogP contribution in [0.5, 0.6) is 0 Å². The molecule has 5 heteroatoms. The molecule has 2 rings (SSSR count). The maximum Gasteiger partial charge on any atom is 0.241 e. The maximum absolute atomic E-state index is 11.8. The number of carbonyl (C=O) groups is 1. The summed E-state index contributed by atoms with van der Waals surface area (Å²) < 4.78 is 0. The summed E-state index contributed by atoms with van der Waals surface area (Å²) in [5, 5.41) is 7.15. The first-order valence-electron chi connectivity index (χ1n) is 5.48. The van der Waals surface area contributed by atoms with Gasteiger partial charge in [-0.3, -0.25) is 4.79 Å². The zero-order valence-electron chi connectivity index (χ0n) is 9.48.